The summed E-state index contributed by atoms with van der Waals surface area (Å²) in [7, 11) is 0. The van der Waals surface area contributed by atoms with Gasteiger partial charge in [0.1, 0.15) is 0 Å². The van der Waals surface area contributed by atoms with Gasteiger partial charge in [-0.25, -0.2) is 0 Å². The van der Waals surface area contributed by atoms with Crippen LogP contribution in [0, 0.1) is 0 Å². The Morgan fingerprint density at radius 2 is 1.59 bits per heavy atom. The van der Waals surface area contributed by atoms with E-state index in [-0.39, 0.29) is 6.10 Å². The SMILES string of the molecule is CCCN(CCC)CC[C@H](O)c1ccccc1. The van der Waals surface area contributed by atoms with E-state index in [9.17, 15) is 5.11 Å². The molecule has 0 saturated heterocycles. The third kappa shape index (κ3) is 5.33. The molecule has 17 heavy (non-hydrogen) atoms. The van der Waals surface area contributed by atoms with Gasteiger partial charge >= 0.3 is 0 Å². The van der Waals surface area contributed by atoms with Crippen LogP contribution in [0.3, 0.4) is 0 Å². The van der Waals surface area contributed by atoms with Gasteiger partial charge in [-0.05, 0) is 37.9 Å². The lowest BCUT2D eigenvalue weighted by molar-refractivity contribution is 0.141. The summed E-state index contributed by atoms with van der Waals surface area (Å²) in [4.78, 5) is 2.44. The summed E-state index contributed by atoms with van der Waals surface area (Å²) < 4.78 is 0. The molecular weight excluding hydrogens is 210 g/mol. The normalized spacial score (nSPS) is 12.9. The van der Waals surface area contributed by atoms with Crippen molar-refractivity contribution >= 4 is 0 Å². The summed E-state index contributed by atoms with van der Waals surface area (Å²) in [6, 6.07) is 9.93. The molecule has 0 saturated carbocycles. The highest BCUT2D eigenvalue weighted by Crippen LogP contribution is 2.16. The Balaban J connectivity index is 2.38. The maximum atomic E-state index is 10.1. The van der Waals surface area contributed by atoms with Crippen LogP contribution in [0.25, 0.3) is 0 Å². The van der Waals surface area contributed by atoms with Crippen molar-refractivity contribution in [2.75, 3.05) is 19.6 Å². The number of hydrogen-bond donors (Lipinski definition) is 1. The van der Waals surface area contributed by atoms with Crippen LogP contribution >= 0.6 is 0 Å². The van der Waals surface area contributed by atoms with E-state index in [1.165, 1.54) is 12.8 Å². The second-order valence-electron chi connectivity index (χ2n) is 4.56. The van der Waals surface area contributed by atoms with Gasteiger partial charge in [0.15, 0.2) is 0 Å². The Hall–Kier alpha value is -0.860. The Kier molecular flexibility index (Phi) is 6.90. The monoisotopic (exact) mass is 235 g/mol. The molecule has 1 rings (SSSR count). The Labute approximate surface area is 105 Å². The van der Waals surface area contributed by atoms with Gasteiger partial charge in [0.25, 0.3) is 0 Å². The van der Waals surface area contributed by atoms with Crippen molar-refractivity contribution < 1.29 is 5.11 Å². The second-order valence-corrected chi connectivity index (χ2v) is 4.56. The first-order chi connectivity index (χ1) is 8.27. The van der Waals surface area contributed by atoms with Crippen LogP contribution < -0.4 is 0 Å². The molecular formula is C15H25NO. The predicted molar refractivity (Wildman–Crippen MR) is 73.0 cm³/mol. The van der Waals surface area contributed by atoms with Gasteiger partial charge in [-0.2, -0.15) is 0 Å². The van der Waals surface area contributed by atoms with E-state index in [0.29, 0.717) is 0 Å². The van der Waals surface area contributed by atoms with E-state index in [2.05, 4.69) is 18.7 Å². The summed E-state index contributed by atoms with van der Waals surface area (Å²) >= 11 is 0. The lowest BCUT2D eigenvalue weighted by Gasteiger charge is -2.22. The molecule has 1 N–H and O–H groups in total. The van der Waals surface area contributed by atoms with Crippen LogP contribution in [0.2, 0.25) is 0 Å². The first-order valence-electron chi connectivity index (χ1n) is 6.73. The van der Waals surface area contributed by atoms with Gasteiger partial charge < -0.3 is 10.0 Å². The molecule has 0 heterocycles. The van der Waals surface area contributed by atoms with Gasteiger partial charge in [0.2, 0.25) is 0 Å². The van der Waals surface area contributed by atoms with Crippen LogP contribution in [0.1, 0.15) is 44.8 Å². The summed E-state index contributed by atoms with van der Waals surface area (Å²) in [5.41, 5.74) is 1.03. The molecule has 2 nitrogen and oxygen atoms in total. The zero-order chi connectivity index (χ0) is 12.5. The Morgan fingerprint density at radius 1 is 1.00 bits per heavy atom. The molecule has 0 aliphatic rings. The molecule has 1 atom stereocenters. The maximum absolute atomic E-state index is 10.1. The van der Waals surface area contributed by atoms with Crippen LogP contribution in [-0.4, -0.2) is 29.6 Å². The summed E-state index contributed by atoms with van der Waals surface area (Å²) in [6.07, 6.45) is 2.86. The first-order valence-corrected chi connectivity index (χ1v) is 6.73. The molecule has 1 aromatic carbocycles. The minimum atomic E-state index is -0.326. The van der Waals surface area contributed by atoms with Gasteiger partial charge in [-0.1, -0.05) is 44.2 Å². The summed E-state index contributed by atoms with van der Waals surface area (Å²) in [6.45, 7) is 7.66. The number of rotatable bonds is 8. The number of benzene rings is 1. The van der Waals surface area contributed by atoms with E-state index in [1.54, 1.807) is 0 Å². The molecule has 1 aromatic rings. The number of nitrogens with zero attached hydrogens (tertiary/aromatic N) is 1. The number of aliphatic hydroxyl groups excluding tert-OH is 1. The third-order valence-electron chi connectivity index (χ3n) is 2.98. The predicted octanol–water partition coefficient (Wildman–Crippen LogP) is 3.23. The molecule has 0 fully saturated rings. The molecule has 0 aromatic heterocycles. The molecule has 96 valence electrons. The molecule has 0 aliphatic heterocycles. The Bertz CT molecular complexity index is 280. The minimum Gasteiger partial charge on any atom is -0.388 e. The fourth-order valence-electron chi connectivity index (χ4n) is 2.11. The van der Waals surface area contributed by atoms with Crippen LogP contribution in [0.15, 0.2) is 30.3 Å². The highest BCUT2D eigenvalue weighted by molar-refractivity contribution is 5.17. The highest BCUT2D eigenvalue weighted by Gasteiger charge is 2.09. The van der Waals surface area contributed by atoms with Crippen molar-refractivity contribution in [2.24, 2.45) is 0 Å². The average molecular weight is 235 g/mol. The van der Waals surface area contributed by atoms with Gasteiger partial charge in [0.05, 0.1) is 6.10 Å². The maximum Gasteiger partial charge on any atom is 0.0802 e. The summed E-state index contributed by atoms with van der Waals surface area (Å²) in [5, 5.41) is 10.1. The van der Waals surface area contributed by atoms with Crippen LogP contribution in [0.5, 0.6) is 0 Å². The smallest absolute Gasteiger partial charge is 0.0802 e. The average Bonchev–Trinajstić information content (AvgIpc) is 2.37. The van der Waals surface area contributed by atoms with E-state index >= 15 is 0 Å². The lowest BCUT2D eigenvalue weighted by Crippen LogP contribution is -2.27. The molecule has 0 unspecified atom stereocenters. The Morgan fingerprint density at radius 3 is 2.12 bits per heavy atom. The van der Waals surface area contributed by atoms with Crippen molar-refractivity contribution in [2.45, 2.75) is 39.2 Å². The first kappa shape index (κ1) is 14.2. The summed E-state index contributed by atoms with van der Waals surface area (Å²) in [5.74, 6) is 0. The zero-order valence-corrected chi connectivity index (χ0v) is 11.1. The minimum absolute atomic E-state index is 0.326. The van der Waals surface area contributed by atoms with E-state index < -0.39 is 0 Å². The quantitative estimate of drug-likeness (QED) is 0.748. The highest BCUT2D eigenvalue weighted by atomic mass is 16.3. The number of hydrogen-bond acceptors (Lipinski definition) is 2. The largest absolute Gasteiger partial charge is 0.388 e. The molecule has 0 aliphatic carbocycles. The molecule has 2 heteroatoms. The zero-order valence-electron chi connectivity index (χ0n) is 11.1. The second kappa shape index (κ2) is 8.26. The lowest BCUT2D eigenvalue weighted by atomic mass is 10.1. The van der Waals surface area contributed by atoms with Gasteiger partial charge in [-0.3, -0.25) is 0 Å². The van der Waals surface area contributed by atoms with Crippen LogP contribution in [0.4, 0.5) is 0 Å². The fourth-order valence-corrected chi connectivity index (χ4v) is 2.11. The van der Waals surface area contributed by atoms with Gasteiger partial charge in [0, 0.05) is 6.54 Å². The standard InChI is InChI=1S/C15H25NO/c1-3-11-16(12-4-2)13-10-15(17)14-8-6-5-7-9-14/h5-9,15,17H,3-4,10-13H2,1-2H3/t15-/m0/s1. The topological polar surface area (TPSA) is 23.5 Å². The molecule has 0 spiro atoms. The van der Waals surface area contributed by atoms with Crippen molar-refractivity contribution in [1.82, 2.24) is 4.90 Å². The van der Waals surface area contributed by atoms with Crippen molar-refractivity contribution in [3.8, 4) is 0 Å². The number of aliphatic hydroxyl groups is 1. The van der Waals surface area contributed by atoms with Crippen molar-refractivity contribution in [1.29, 1.82) is 0 Å². The van der Waals surface area contributed by atoms with Crippen molar-refractivity contribution in [3.05, 3.63) is 35.9 Å². The fraction of sp³-hybridized carbons (Fsp3) is 0.600. The van der Waals surface area contributed by atoms with Crippen molar-refractivity contribution in [3.63, 3.8) is 0 Å². The van der Waals surface area contributed by atoms with Gasteiger partial charge in [-0.15, -0.1) is 0 Å². The van der Waals surface area contributed by atoms with Crippen LogP contribution in [-0.2, 0) is 0 Å². The molecule has 0 amide bonds. The van der Waals surface area contributed by atoms with E-state index in [4.69, 9.17) is 0 Å². The third-order valence-corrected chi connectivity index (χ3v) is 2.98. The molecule has 0 radical (unpaired) electrons. The van der Waals surface area contributed by atoms with E-state index in [0.717, 1.165) is 31.6 Å². The molecule has 0 bridgehead atoms. The van der Waals surface area contributed by atoms with E-state index in [1.807, 2.05) is 30.3 Å².